The van der Waals surface area contributed by atoms with Crippen molar-refractivity contribution in [1.82, 2.24) is 4.98 Å². The van der Waals surface area contributed by atoms with Gasteiger partial charge in [-0.25, -0.2) is 0 Å². The SMILES string of the molecule is Cc1ccc2cc(C3=NC(C)(C)Cc4ccccc43)cnc2c1. The van der Waals surface area contributed by atoms with E-state index < -0.39 is 0 Å². The van der Waals surface area contributed by atoms with Crippen LogP contribution < -0.4 is 0 Å². The van der Waals surface area contributed by atoms with E-state index in [-0.39, 0.29) is 5.54 Å². The molecule has 0 fully saturated rings. The van der Waals surface area contributed by atoms with Crippen molar-refractivity contribution in [1.29, 1.82) is 0 Å². The number of nitrogens with zero attached hydrogens (tertiary/aromatic N) is 2. The second kappa shape index (κ2) is 5.02. The first kappa shape index (κ1) is 14.1. The molecule has 2 heterocycles. The average Bonchev–Trinajstić information content (AvgIpc) is 2.52. The largest absolute Gasteiger partial charge is 0.278 e. The lowest BCUT2D eigenvalue weighted by atomic mass is 9.85. The van der Waals surface area contributed by atoms with E-state index in [1.54, 1.807) is 0 Å². The molecule has 3 aromatic rings. The Kier molecular flexibility index (Phi) is 3.08. The highest BCUT2D eigenvalue weighted by Crippen LogP contribution is 2.29. The first-order valence-corrected chi connectivity index (χ1v) is 8.07. The number of fused-ring (bicyclic) bond motifs is 2. The number of benzene rings is 2. The molecule has 0 spiro atoms. The molecular formula is C21H20N2. The molecule has 1 aliphatic rings. The van der Waals surface area contributed by atoms with Gasteiger partial charge in [-0.1, -0.05) is 36.4 Å². The van der Waals surface area contributed by atoms with Crippen LogP contribution in [0.4, 0.5) is 0 Å². The maximum Gasteiger partial charge on any atom is 0.0744 e. The molecule has 23 heavy (non-hydrogen) atoms. The van der Waals surface area contributed by atoms with E-state index in [9.17, 15) is 0 Å². The van der Waals surface area contributed by atoms with Crippen molar-refractivity contribution in [3.8, 4) is 0 Å². The molecule has 0 bridgehead atoms. The lowest BCUT2D eigenvalue weighted by Crippen LogP contribution is -2.29. The zero-order valence-electron chi connectivity index (χ0n) is 13.8. The standard InChI is InChI=1S/C21H20N2/c1-14-8-9-15-11-17(13-22-19(15)10-14)20-18-7-5-4-6-16(18)12-21(2,3)23-20/h4-11,13H,12H2,1-3H3. The van der Waals surface area contributed by atoms with E-state index in [1.807, 2.05) is 6.20 Å². The molecule has 0 saturated heterocycles. The van der Waals surface area contributed by atoms with Gasteiger partial charge in [0.1, 0.15) is 0 Å². The Balaban J connectivity index is 1.91. The van der Waals surface area contributed by atoms with Crippen molar-refractivity contribution >= 4 is 16.6 Å². The monoisotopic (exact) mass is 300 g/mol. The van der Waals surface area contributed by atoms with Gasteiger partial charge in [-0.3, -0.25) is 9.98 Å². The third-order valence-electron chi connectivity index (χ3n) is 4.42. The molecular weight excluding hydrogens is 280 g/mol. The summed E-state index contributed by atoms with van der Waals surface area (Å²) in [6.07, 6.45) is 2.94. The number of pyridine rings is 1. The Hall–Kier alpha value is -2.48. The highest BCUT2D eigenvalue weighted by atomic mass is 14.9. The normalized spacial score (nSPS) is 16.0. The lowest BCUT2D eigenvalue weighted by molar-refractivity contribution is 0.513. The quantitative estimate of drug-likeness (QED) is 0.638. The smallest absolute Gasteiger partial charge is 0.0744 e. The maximum atomic E-state index is 5.03. The van der Waals surface area contributed by atoms with E-state index in [4.69, 9.17) is 4.99 Å². The number of hydrogen-bond acceptors (Lipinski definition) is 2. The summed E-state index contributed by atoms with van der Waals surface area (Å²) in [4.78, 5) is 9.68. The molecule has 2 heteroatoms. The molecule has 2 aromatic carbocycles. The van der Waals surface area contributed by atoms with Gasteiger partial charge in [0.05, 0.1) is 16.8 Å². The molecule has 0 aliphatic carbocycles. The van der Waals surface area contributed by atoms with Crippen LogP contribution in [-0.4, -0.2) is 16.2 Å². The van der Waals surface area contributed by atoms with Crippen LogP contribution in [0.2, 0.25) is 0 Å². The van der Waals surface area contributed by atoms with Gasteiger partial charge in [0.2, 0.25) is 0 Å². The Morgan fingerprint density at radius 1 is 1.00 bits per heavy atom. The minimum atomic E-state index is -0.0775. The molecule has 0 amide bonds. The fraction of sp³-hybridized carbons (Fsp3) is 0.238. The summed E-state index contributed by atoms with van der Waals surface area (Å²) in [7, 11) is 0. The maximum absolute atomic E-state index is 5.03. The van der Waals surface area contributed by atoms with Crippen molar-refractivity contribution in [2.75, 3.05) is 0 Å². The fourth-order valence-corrected chi connectivity index (χ4v) is 3.35. The minimum Gasteiger partial charge on any atom is -0.278 e. The number of aryl methyl sites for hydroxylation is 1. The van der Waals surface area contributed by atoms with E-state index in [1.165, 1.54) is 16.7 Å². The van der Waals surface area contributed by atoms with Crippen LogP contribution in [0.25, 0.3) is 10.9 Å². The van der Waals surface area contributed by atoms with Crippen molar-refractivity contribution < 1.29 is 0 Å². The Morgan fingerprint density at radius 2 is 1.83 bits per heavy atom. The van der Waals surface area contributed by atoms with E-state index in [0.717, 1.165) is 28.6 Å². The van der Waals surface area contributed by atoms with Gasteiger partial charge in [0.25, 0.3) is 0 Å². The minimum absolute atomic E-state index is 0.0775. The molecule has 1 aliphatic heterocycles. The fourth-order valence-electron chi connectivity index (χ4n) is 3.35. The molecule has 2 nitrogen and oxygen atoms in total. The average molecular weight is 300 g/mol. The summed E-state index contributed by atoms with van der Waals surface area (Å²) < 4.78 is 0. The summed E-state index contributed by atoms with van der Waals surface area (Å²) in [5.74, 6) is 0. The predicted molar refractivity (Wildman–Crippen MR) is 96.3 cm³/mol. The molecule has 114 valence electrons. The summed E-state index contributed by atoms with van der Waals surface area (Å²) >= 11 is 0. The topological polar surface area (TPSA) is 25.2 Å². The van der Waals surface area contributed by atoms with Gasteiger partial charge in [0, 0.05) is 22.7 Å². The third kappa shape index (κ3) is 2.55. The molecule has 0 N–H and O–H groups in total. The molecule has 0 unspecified atom stereocenters. The summed E-state index contributed by atoms with van der Waals surface area (Å²) in [5, 5.41) is 1.16. The van der Waals surface area contributed by atoms with Crippen LogP contribution in [0.1, 0.15) is 36.1 Å². The van der Waals surface area contributed by atoms with Crippen LogP contribution in [0.5, 0.6) is 0 Å². The zero-order valence-corrected chi connectivity index (χ0v) is 13.8. The molecule has 0 atom stereocenters. The van der Waals surface area contributed by atoms with Crippen LogP contribution in [-0.2, 0) is 6.42 Å². The van der Waals surface area contributed by atoms with E-state index in [2.05, 4.69) is 74.3 Å². The first-order valence-electron chi connectivity index (χ1n) is 8.07. The zero-order chi connectivity index (χ0) is 16.0. The molecule has 4 rings (SSSR count). The molecule has 1 aromatic heterocycles. The highest BCUT2D eigenvalue weighted by Gasteiger charge is 2.27. The summed E-state index contributed by atoms with van der Waals surface area (Å²) in [6, 6.07) is 17.2. The van der Waals surface area contributed by atoms with Crippen LogP contribution in [0.3, 0.4) is 0 Å². The third-order valence-corrected chi connectivity index (χ3v) is 4.42. The summed E-state index contributed by atoms with van der Waals surface area (Å²) in [6.45, 7) is 6.49. The Labute approximate surface area is 136 Å². The Morgan fingerprint density at radius 3 is 2.70 bits per heavy atom. The number of rotatable bonds is 1. The van der Waals surface area contributed by atoms with E-state index >= 15 is 0 Å². The van der Waals surface area contributed by atoms with Crippen molar-refractivity contribution in [2.24, 2.45) is 4.99 Å². The number of hydrogen-bond donors (Lipinski definition) is 0. The number of aliphatic imine (C=N–C) groups is 1. The van der Waals surface area contributed by atoms with Crippen LogP contribution >= 0.6 is 0 Å². The predicted octanol–water partition coefficient (Wildman–Crippen LogP) is 4.72. The van der Waals surface area contributed by atoms with Gasteiger partial charge in [-0.05, 0) is 50.5 Å². The second-order valence-corrected chi connectivity index (χ2v) is 7.03. The highest BCUT2D eigenvalue weighted by molar-refractivity contribution is 6.15. The lowest BCUT2D eigenvalue weighted by Gasteiger charge is -2.29. The van der Waals surface area contributed by atoms with Crippen LogP contribution in [0.15, 0.2) is 59.7 Å². The molecule has 0 saturated carbocycles. The van der Waals surface area contributed by atoms with Gasteiger partial charge in [-0.2, -0.15) is 0 Å². The van der Waals surface area contributed by atoms with Crippen molar-refractivity contribution in [3.63, 3.8) is 0 Å². The molecule has 0 radical (unpaired) electrons. The Bertz CT molecular complexity index is 935. The second-order valence-electron chi connectivity index (χ2n) is 7.03. The first-order chi connectivity index (χ1) is 11.0. The van der Waals surface area contributed by atoms with Crippen LogP contribution in [0, 0.1) is 6.92 Å². The number of aromatic nitrogens is 1. The van der Waals surface area contributed by atoms with E-state index in [0.29, 0.717) is 0 Å². The summed E-state index contributed by atoms with van der Waals surface area (Å²) in [5.41, 5.74) is 6.96. The van der Waals surface area contributed by atoms with Crippen molar-refractivity contribution in [2.45, 2.75) is 32.7 Å². The van der Waals surface area contributed by atoms with Crippen molar-refractivity contribution in [3.05, 3.63) is 77.0 Å². The van der Waals surface area contributed by atoms with Gasteiger partial charge < -0.3 is 0 Å². The van der Waals surface area contributed by atoms with Gasteiger partial charge in [-0.15, -0.1) is 0 Å². The van der Waals surface area contributed by atoms with Gasteiger partial charge in [0.15, 0.2) is 0 Å². The van der Waals surface area contributed by atoms with Gasteiger partial charge >= 0.3 is 0 Å².